The van der Waals surface area contributed by atoms with Crippen LogP contribution in [0.3, 0.4) is 0 Å². The Morgan fingerprint density at radius 1 is 1.20 bits per heavy atom. The lowest BCUT2D eigenvalue weighted by Crippen LogP contribution is -2.37. The summed E-state index contributed by atoms with van der Waals surface area (Å²) >= 11 is 0. The second-order valence-electron chi connectivity index (χ2n) is 4.85. The topological polar surface area (TPSA) is 102 Å². The number of hydrogen-bond acceptors (Lipinski definition) is 6. The maximum Gasteiger partial charge on any atom is 0.329 e. The van der Waals surface area contributed by atoms with Crippen LogP contribution in [-0.4, -0.2) is 37.2 Å². The van der Waals surface area contributed by atoms with E-state index in [0.717, 1.165) is 5.56 Å². The normalized spacial score (nSPS) is 10.3. The molecule has 0 radical (unpaired) electrons. The van der Waals surface area contributed by atoms with Crippen molar-refractivity contribution in [3.63, 3.8) is 0 Å². The number of hydrogen-bond donors (Lipinski definition) is 2. The zero-order valence-corrected chi connectivity index (χ0v) is 13.9. The van der Waals surface area contributed by atoms with E-state index in [0.29, 0.717) is 17.1 Å². The van der Waals surface area contributed by atoms with E-state index in [1.165, 1.54) is 20.4 Å². The standard InChI is InChI=1S/C17H18N4O4/c1-24-14-5-6-15(25-2)13(8-14)11-20-21-17(23)16(22)19-10-12-4-3-7-18-9-12/h3-9,11H,10H2,1-2H3,(H,19,22)(H,21,23)/b20-11+. The van der Waals surface area contributed by atoms with Crippen LogP contribution in [0.25, 0.3) is 0 Å². The number of ether oxygens (including phenoxy) is 2. The highest BCUT2D eigenvalue weighted by Gasteiger charge is 2.12. The molecule has 1 aromatic heterocycles. The Balaban J connectivity index is 1.90. The van der Waals surface area contributed by atoms with E-state index in [1.807, 2.05) is 0 Å². The van der Waals surface area contributed by atoms with Gasteiger partial charge in [-0.25, -0.2) is 5.43 Å². The van der Waals surface area contributed by atoms with Crippen molar-refractivity contribution in [3.05, 3.63) is 53.9 Å². The van der Waals surface area contributed by atoms with E-state index < -0.39 is 11.8 Å². The Morgan fingerprint density at radius 2 is 2.04 bits per heavy atom. The molecule has 0 unspecified atom stereocenters. The number of hydrazone groups is 1. The first-order valence-corrected chi connectivity index (χ1v) is 7.36. The van der Waals surface area contributed by atoms with Gasteiger partial charge in [-0.05, 0) is 29.8 Å². The number of carbonyl (C=O) groups is 2. The highest BCUT2D eigenvalue weighted by atomic mass is 16.5. The van der Waals surface area contributed by atoms with Gasteiger partial charge in [-0.2, -0.15) is 5.10 Å². The SMILES string of the molecule is COc1ccc(OC)c(/C=N/NC(=O)C(=O)NCc2cccnc2)c1. The van der Waals surface area contributed by atoms with E-state index in [9.17, 15) is 9.59 Å². The number of carbonyl (C=O) groups excluding carboxylic acids is 2. The first kappa shape index (κ1) is 17.9. The predicted molar refractivity (Wildman–Crippen MR) is 91.4 cm³/mol. The lowest BCUT2D eigenvalue weighted by molar-refractivity contribution is -0.139. The second kappa shape index (κ2) is 9.02. The molecule has 2 rings (SSSR count). The number of methoxy groups -OCH3 is 2. The molecule has 0 bridgehead atoms. The van der Waals surface area contributed by atoms with E-state index in [4.69, 9.17) is 9.47 Å². The molecule has 0 aliphatic carbocycles. The van der Waals surface area contributed by atoms with Gasteiger partial charge in [0.1, 0.15) is 11.5 Å². The lowest BCUT2D eigenvalue weighted by Gasteiger charge is -2.07. The van der Waals surface area contributed by atoms with Gasteiger partial charge in [0.25, 0.3) is 0 Å². The van der Waals surface area contributed by atoms with Gasteiger partial charge in [0.05, 0.1) is 20.4 Å². The van der Waals surface area contributed by atoms with Crippen molar-refractivity contribution in [1.29, 1.82) is 0 Å². The summed E-state index contributed by atoms with van der Waals surface area (Å²) in [5.74, 6) is -0.497. The first-order valence-electron chi connectivity index (χ1n) is 7.36. The van der Waals surface area contributed by atoms with Gasteiger partial charge in [0.2, 0.25) is 0 Å². The van der Waals surface area contributed by atoms with E-state index >= 15 is 0 Å². The summed E-state index contributed by atoms with van der Waals surface area (Å²) in [6.07, 6.45) is 4.60. The zero-order chi connectivity index (χ0) is 18.1. The lowest BCUT2D eigenvalue weighted by atomic mass is 10.2. The van der Waals surface area contributed by atoms with Crippen LogP contribution in [0.15, 0.2) is 47.8 Å². The monoisotopic (exact) mass is 342 g/mol. The van der Waals surface area contributed by atoms with Gasteiger partial charge in [-0.15, -0.1) is 0 Å². The minimum atomic E-state index is -0.873. The Hall–Kier alpha value is -3.42. The molecule has 0 atom stereocenters. The molecule has 0 aliphatic rings. The van der Waals surface area contributed by atoms with Crippen LogP contribution in [0.2, 0.25) is 0 Å². The Kier molecular flexibility index (Phi) is 6.47. The molecule has 1 heterocycles. The van der Waals surface area contributed by atoms with Gasteiger partial charge in [-0.3, -0.25) is 14.6 Å². The number of nitrogens with one attached hydrogen (secondary N) is 2. The summed E-state index contributed by atoms with van der Waals surface area (Å²) in [6.45, 7) is 0.202. The van der Waals surface area contributed by atoms with E-state index in [2.05, 4.69) is 20.8 Å². The zero-order valence-electron chi connectivity index (χ0n) is 13.9. The van der Waals surface area contributed by atoms with Gasteiger partial charge in [0.15, 0.2) is 0 Å². The third kappa shape index (κ3) is 5.31. The fraction of sp³-hybridized carbons (Fsp3) is 0.176. The first-order chi connectivity index (χ1) is 12.1. The molecule has 1 aromatic carbocycles. The fourth-order valence-electron chi connectivity index (χ4n) is 1.92. The van der Waals surface area contributed by atoms with Gasteiger partial charge in [-0.1, -0.05) is 6.07 Å². The Labute approximate surface area is 144 Å². The molecule has 8 nitrogen and oxygen atoms in total. The van der Waals surface area contributed by atoms with Crippen LogP contribution in [0.1, 0.15) is 11.1 Å². The summed E-state index contributed by atoms with van der Waals surface area (Å²) in [4.78, 5) is 27.4. The van der Waals surface area contributed by atoms with Crippen molar-refractivity contribution in [2.24, 2.45) is 5.10 Å². The third-order valence-electron chi connectivity index (χ3n) is 3.19. The van der Waals surface area contributed by atoms with E-state index in [-0.39, 0.29) is 6.54 Å². The highest BCUT2D eigenvalue weighted by Crippen LogP contribution is 2.22. The van der Waals surface area contributed by atoms with E-state index in [1.54, 1.807) is 42.7 Å². The average molecular weight is 342 g/mol. The van der Waals surface area contributed by atoms with Crippen molar-refractivity contribution < 1.29 is 19.1 Å². The minimum Gasteiger partial charge on any atom is -0.497 e. The summed E-state index contributed by atoms with van der Waals surface area (Å²) in [5, 5.41) is 6.25. The number of aromatic nitrogens is 1. The highest BCUT2D eigenvalue weighted by molar-refractivity contribution is 6.35. The molecule has 0 spiro atoms. The van der Waals surface area contributed by atoms with Crippen LogP contribution in [0, 0.1) is 0 Å². The quantitative estimate of drug-likeness (QED) is 0.461. The maximum atomic E-state index is 11.7. The van der Waals surface area contributed by atoms with Crippen LogP contribution < -0.4 is 20.2 Å². The third-order valence-corrected chi connectivity index (χ3v) is 3.19. The maximum absolute atomic E-state index is 11.7. The summed E-state index contributed by atoms with van der Waals surface area (Å²) < 4.78 is 10.3. The van der Waals surface area contributed by atoms with Gasteiger partial charge < -0.3 is 14.8 Å². The van der Waals surface area contributed by atoms with Crippen molar-refractivity contribution in [2.45, 2.75) is 6.54 Å². The smallest absolute Gasteiger partial charge is 0.329 e. The molecule has 25 heavy (non-hydrogen) atoms. The number of pyridine rings is 1. The van der Waals surface area contributed by atoms with Gasteiger partial charge >= 0.3 is 11.8 Å². The minimum absolute atomic E-state index is 0.202. The Morgan fingerprint density at radius 3 is 2.72 bits per heavy atom. The summed E-state index contributed by atoms with van der Waals surface area (Å²) in [6, 6.07) is 8.67. The van der Waals surface area contributed by atoms with Crippen LogP contribution >= 0.6 is 0 Å². The van der Waals surface area contributed by atoms with Crippen molar-refractivity contribution in [2.75, 3.05) is 14.2 Å². The molecule has 2 N–H and O–H groups in total. The number of amides is 2. The fourth-order valence-corrected chi connectivity index (χ4v) is 1.92. The van der Waals surface area contributed by atoms with Crippen molar-refractivity contribution in [1.82, 2.24) is 15.7 Å². The van der Waals surface area contributed by atoms with Gasteiger partial charge in [0, 0.05) is 24.5 Å². The molecule has 0 fully saturated rings. The van der Waals surface area contributed by atoms with Crippen LogP contribution in [0.5, 0.6) is 11.5 Å². The Bertz CT molecular complexity index is 762. The number of benzene rings is 1. The summed E-state index contributed by atoms with van der Waals surface area (Å²) in [7, 11) is 3.06. The molecule has 2 amide bonds. The predicted octanol–water partition coefficient (Wildman–Crippen LogP) is 0.865. The molecule has 0 aliphatic heterocycles. The van der Waals surface area contributed by atoms with Crippen LogP contribution in [-0.2, 0) is 16.1 Å². The molecular formula is C17H18N4O4. The summed E-state index contributed by atoms with van der Waals surface area (Å²) in [5.41, 5.74) is 3.54. The molecule has 0 saturated carbocycles. The second-order valence-corrected chi connectivity index (χ2v) is 4.85. The van der Waals surface area contributed by atoms with Crippen molar-refractivity contribution >= 4 is 18.0 Å². The van der Waals surface area contributed by atoms with Crippen molar-refractivity contribution in [3.8, 4) is 11.5 Å². The number of rotatable bonds is 6. The average Bonchev–Trinajstić information content (AvgIpc) is 2.66. The largest absolute Gasteiger partial charge is 0.497 e. The van der Waals surface area contributed by atoms with Crippen LogP contribution in [0.4, 0.5) is 0 Å². The molecule has 130 valence electrons. The molecule has 2 aromatic rings. The number of nitrogens with zero attached hydrogens (tertiary/aromatic N) is 2. The molecule has 8 heteroatoms. The molecule has 0 saturated heterocycles. The molecular weight excluding hydrogens is 324 g/mol.